The van der Waals surface area contributed by atoms with Crippen molar-refractivity contribution in [1.82, 2.24) is 5.32 Å². The number of rotatable bonds is 6. The normalized spacial score (nSPS) is 13.5. The second-order valence-corrected chi connectivity index (χ2v) is 6.91. The summed E-state index contributed by atoms with van der Waals surface area (Å²) in [7, 11) is -3.26. The second-order valence-electron chi connectivity index (χ2n) is 4.72. The third-order valence-electron chi connectivity index (χ3n) is 2.76. The monoisotopic (exact) mass is 291 g/mol. The molecule has 6 heteroatoms. The van der Waals surface area contributed by atoms with E-state index in [1.807, 2.05) is 6.92 Å². The molecular weight excluding hydrogens is 272 g/mol. The number of halogens is 2. The minimum Gasteiger partial charge on any atom is -0.309 e. The van der Waals surface area contributed by atoms with Crippen molar-refractivity contribution in [3.05, 3.63) is 34.9 Å². The molecule has 0 heterocycles. The van der Waals surface area contributed by atoms with E-state index in [4.69, 9.17) is 0 Å². The first-order chi connectivity index (χ1) is 8.74. The average molecular weight is 291 g/mol. The van der Waals surface area contributed by atoms with Gasteiger partial charge in [-0.25, -0.2) is 17.2 Å². The van der Waals surface area contributed by atoms with E-state index in [1.54, 1.807) is 0 Å². The van der Waals surface area contributed by atoms with Crippen LogP contribution in [-0.4, -0.2) is 27.0 Å². The molecule has 1 atom stereocenters. The number of sulfone groups is 1. The topological polar surface area (TPSA) is 46.2 Å². The van der Waals surface area contributed by atoms with E-state index in [1.165, 1.54) is 13.0 Å². The minimum absolute atomic E-state index is 0.192. The molecule has 0 spiro atoms. The molecule has 0 amide bonds. The predicted octanol–water partition coefficient (Wildman–Crippen LogP) is 2.36. The van der Waals surface area contributed by atoms with Crippen LogP contribution in [0.1, 0.15) is 30.5 Å². The molecule has 0 radical (unpaired) electrons. The van der Waals surface area contributed by atoms with Crippen molar-refractivity contribution >= 4 is 9.84 Å². The Morgan fingerprint density at radius 1 is 1.26 bits per heavy atom. The highest BCUT2D eigenvalue weighted by molar-refractivity contribution is 7.90. The maximum Gasteiger partial charge on any atom is 0.149 e. The quantitative estimate of drug-likeness (QED) is 0.875. The molecule has 0 aliphatic rings. The number of hydrogen-bond donors (Lipinski definition) is 1. The molecule has 0 saturated carbocycles. The fourth-order valence-electron chi connectivity index (χ4n) is 1.83. The highest BCUT2D eigenvalue weighted by Crippen LogP contribution is 2.22. The van der Waals surface area contributed by atoms with Crippen LogP contribution < -0.4 is 5.32 Å². The smallest absolute Gasteiger partial charge is 0.149 e. The van der Waals surface area contributed by atoms with Crippen LogP contribution in [0.2, 0.25) is 0 Å². The summed E-state index contributed by atoms with van der Waals surface area (Å²) in [5, 5.41) is 2.99. The largest absolute Gasteiger partial charge is 0.309 e. The Morgan fingerprint density at radius 3 is 2.42 bits per heavy atom. The Morgan fingerprint density at radius 2 is 1.89 bits per heavy atom. The number of aryl methyl sites for hydroxylation is 1. The van der Waals surface area contributed by atoms with E-state index >= 15 is 0 Å². The summed E-state index contributed by atoms with van der Waals surface area (Å²) in [6.45, 7) is 4.02. The lowest BCUT2D eigenvalue weighted by molar-refractivity contribution is 0.510. The first-order valence-electron chi connectivity index (χ1n) is 6.11. The summed E-state index contributed by atoms with van der Waals surface area (Å²) in [4.78, 5) is 0. The van der Waals surface area contributed by atoms with Gasteiger partial charge in [-0.2, -0.15) is 0 Å². The van der Waals surface area contributed by atoms with Gasteiger partial charge in [0.25, 0.3) is 0 Å². The molecule has 0 fully saturated rings. The number of hydrogen-bond acceptors (Lipinski definition) is 3. The summed E-state index contributed by atoms with van der Waals surface area (Å²) >= 11 is 0. The average Bonchev–Trinajstić information content (AvgIpc) is 2.28. The van der Waals surface area contributed by atoms with Gasteiger partial charge < -0.3 is 5.32 Å². The van der Waals surface area contributed by atoms with E-state index in [0.29, 0.717) is 12.1 Å². The van der Waals surface area contributed by atoms with Crippen LogP contribution in [0.4, 0.5) is 8.78 Å². The highest BCUT2D eigenvalue weighted by atomic mass is 32.2. The Hall–Kier alpha value is -1.01. The van der Waals surface area contributed by atoms with Crippen LogP contribution in [0.25, 0.3) is 0 Å². The van der Waals surface area contributed by atoms with Gasteiger partial charge in [0.15, 0.2) is 0 Å². The molecule has 0 bridgehead atoms. The van der Waals surface area contributed by atoms with Gasteiger partial charge >= 0.3 is 0 Å². The Balaban J connectivity index is 3.13. The summed E-state index contributed by atoms with van der Waals surface area (Å²) in [6, 6.07) is 1.51. The first-order valence-corrected chi connectivity index (χ1v) is 8.17. The minimum atomic E-state index is -3.26. The molecule has 19 heavy (non-hydrogen) atoms. The van der Waals surface area contributed by atoms with Crippen LogP contribution >= 0.6 is 0 Å². The van der Waals surface area contributed by atoms with Gasteiger partial charge in [-0.3, -0.25) is 0 Å². The lowest BCUT2D eigenvalue weighted by Crippen LogP contribution is -2.29. The SMILES string of the molecule is CCCNC(CS(C)(=O)=O)c1cc(C)c(F)cc1F. The van der Waals surface area contributed by atoms with Crippen LogP contribution in [0.3, 0.4) is 0 Å². The van der Waals surface area contributed by atoms with Gasteiger partial charge in [0, 0.05) is 23.9 Å². The van der Waals surface area contributed by atoms with Crippen LogP contribution in [0.15, 0.2) is 12.1 Å². The molecule has 1 N–H and O–H groups in total. The van der Waals surface area contributed by atoms with Gasteiger partial charge in [-0.1, -0.05) is 6.92 Å². The van der Waals surface area contributed by atoms with Gasteiger partial charge in [0.2, 0.25) is 0 Å². The highest BCUT2D eigenvalue weighted by Gasteiger charge is 2.21. The molecular formula is C13H19F2NO2S. The molecule has 1 aromatic rings. The molecule has 0 aromatic heterocycles. The third kappa shape index (κ3) is 4.87. The molecule has 108 valence electrons. The molecule has 0 aliphatic heterocycles. The van der Waals surface area contributed by atoms with Crippen molar-refractivity contribution in [2.75, 3.05) is 18.6 Å². The summed E-state index contributed by atoms with van der Waals surface area (Å²) in [5.41, 5.74) is 0.492. The maximum absolute atomic E-state index is 13.8. The Kier molecular flexibility index (Phi) is 5.43. The number of nitrogens with one attached hydrogen (secondary N) is 1. The van der Waals surface area contributed by atoms with E-state index in [0.717, 1.165) is 18.7 Å². The zero-order valence-electron chi connectivity index (χ0n) is 11.3. The van der Waals surface area contributed by atoms with Crippen molar-refractivity contribution in [2.45, 2.75) is 26.3 Å². The molecule has 1 aromatic carbocycles. The Labute approximate surface area is 112 Å². The zero-order valence-corrected chi connectivity index (χ0v) is 12.2. The van der Waals surface area contributed by atoms with Crippen molar-refractivity contribution in [1.29, 1.82) is 0 Å². The van der Waals surface area contributed by atoms with Crippen molar-refractivity contribution < 1.29 is 17.2 Å². The van der Waals surface area contributed by atoms with Crippen molar-refractivity contribution in [3.8, 4) is 0 Å². The standard InChI is InChI=1S/C13H19F2NO2S/c1-4-5-16-13(8-19(3,17)18)10-6-9(2)11(14)7-12(10)15/h6-7,13,16H,4-5,8H2,1-3H3. The second kappa shape index (κ2) is 6.43. The van der Waals surface area contributed by atoms with Gasteiger partial charge in [-0.15, -0.1) is 0 Å². The summed E-state index contributed by atoms with van der Waals surface area (Å²) in [5.74, 6) is -1.56. The fourth-order valence-corrected chi connectivity index (χ4v) is 2.73. The van der Waals surface area contributed by atoms with Gasteiger partial charge in [0.1, 0.15) is 21.5 Å². The van der Waals surface area contributed by atoms with E-state index in [-0.39, 0.29) is 11.3 Å². The maximum atomic E-state index is 13.8. The molecule has 3 nitrogen and oxygen atoms in total. The molecule has 0 saturated heterocycles. The lowest BCUT2D eigenvalue weighted by atomic mass is 10.0. The summed E-state index contributed by atoms with van der Waals surface area (Å²) in [6.07, 6.45) is 1.89. The molecule has 1 rings (SSSR count). The molecule has 0 aliphatic carbocycles. The third-order valence-corrected chi connectivity index (χ3v) is 3.70. The van der Waals surface area contributed by atoms with Crippen LogP contribution in [0, 0.1) is 18.6 Å². The summed E-state index contributed by atoms with van der Waals surface area (Å²) < 4.78 is 49.9. The van der Waals surface area contributed by atoms with Crippen molar-refractivity contribution in [3.63, 3.8) is 0 Å². The van der Waals surface area contributed by atoms with Crippen molar-refractivity contribution in [2.24, 2.45) is 0 Å². The van der Waals surface area contributed by atoms with Crippen LogP contribution in [-0.2, 0) is 9.84 Å². The van der Waals surface area contributed by atoms with Crippen LogP contribution in [0.5, 0.6) is 0 Å². The predicted molar refractivity (Wildman–Crippen MR) is 71.8 cm³/mol. The lowest BCUT2D eigenvalue weighted by Gasteiger charge is -2.19. The van der Waals surface area contributed by atoms with Gasteiger partial charge in [0.05, 0.1) is 5.75 Å². The van der Waals surface area contributed by atoms with Gasteiger partial charge in [-0.05, 0) is 31.5 Å². The van der Waals surface area contributed by atoms with E-state index in [9.17, 15) is 17.2 Å². The number of benzene rings is 1. The first kappa shape index (κ1) is 16.0. The molecule has 1 unspecified atom stereocenters. The fraction of sp³-hybridized carbons (Fsp3) is 0.538. The zero-order chi connectivity index (χ0) is 14.6. The van der Waals surface area contributed by atoms with E-state index < -0.39 is 27.5 Å². The Bertz CT molecular complexity index is 544. The van der Waals surface area contributed by atoms with E-state index in [2.05, 4.69) is 5.32 Å².